The highest BCUT2D eigenvalue weighted by atomic mass is 16.6. The molecule has 0 aromatic heterocycles. The molecule has 0 bridgehead atoms. The standard InChI is InChI=1S/C13H12O4/c14-11(15)10-8-4-1-2-5-9(8)12(16)17-13(10)6-3-7-13/h1-2,4-5,10H,3,6-7H2,(H,14,15)/t10-/m0/s1. The summed E-state index contributed by atoms with van der Waals surface area (Å²) in [5.74, 6) is -2.02. The van der Waals surface area contributed by atoms with E-state index in [1.165, 1.54) is 0 Å². The van der Waals surface area contributed by atoms with E-state index in [1.807, 2.05) is 0 Å². The fraction of sp³-hybridized carbons (Fsp3) is 0.385. The molecule has 0 unspecified atom stereocenters. The maximum absolute atomic E-state index is 11.8. The van der Waals surface area contributed by atoms with Gasteiger partial charge in [-0.15, -0.1) is 0 Å². The molecule has 1 atom stereocenters. The number of carbonyl (C=O) groups is 2. The van der Waals surface area contributed by atoms with Crippen LogP contribution < -0.4 is 0 Å². The van der Waals surface area contributed by atoms with Crippen molar-refractivity contribution in [2.75, 3.05) is 0 Å². The van der Waals surface area contributed by atoms with Crippen LogP contribution in [0.25, 0.3) is 0 Å². The predicted molar refractivity (Wildman–Crippen MR) is 58.8 cm³/mol. The highest BCUT2D eigenvalue weighted by Gasteiger charge is 2.55. The van der Waals surface area contributed by atoms with Gasteiger partial charge in [-0.25, -0.2) is 4.79 Å². The zero-order chi connectivity index (χ0) is 12.0. The smallest absolute Gasteiger partial charge is 0.339 e. The number of carbonyl (C=O) groups excluding carboxylic acids is 1. The van der Waals surface area contributed by atoms with Crippen molar-refractivity contribution < 1.29 is 19.4 Å². The number of carboxylic acids is 1. The predicted octanol–water partition coefficient (Wildman–Crippen LogP) is 1.95. The van der Waals surface area contributed by atoms with Crippen LogP contribution in [0, 0.1) is 0 Å². The zero-order valence-corrected chi connectivity index (χ0v) is 9.18. The summed E-state index contributed by atoms with van der Waals surface area (Å²) >= 11 is 0. The second-order valence-corrected chi connectivity index (χ2v) is 4.67. The first-order chi connectivity index (χ1) is 8.14. The van der Waals surface area contributed by atoms with Gasteiger partial charge in [0.2, 0.25) is 0 Å². The lowest BCUT2D eigenvalue weighted by Crippen LogP contribution is -2.53. The highest BCUT2D eigenvalue weighted by Crippen LogP contribution is 2.50. The highest BCUT2D eigenvalue weighted by molar-refractivity contribution is 5.96. The van der Waals surface area contributed by atoms with Crippen LogP contribution in [0.3, 0.4) is 0 Å². The van der Waals surface area contributed by atoms with Crippen molar-refractivity contribution in [1.82, 2.24) is 0 Å². The maximum Gasteiger partial charge on any atom is 0.339 e. The second kappa shape index (κ2) is 3.32. The third-order valence-corrected chi connectivity index (χ3v) is 3.76. The second-order valence-electron chi connectivity index (χ2n) is 4.67. The number of carboxylic acid groups (broad SMARTS) is 1. The Bertz CT molecular complexity index is 502. The van der Waals surface area contributed by atoms with Gasteiger partial charge in [0.15, 0.2) is 0 Å². The van der Waals surface area contributed by atoms with Crippen molar-refractivity contribution in [2.45, 2.75) is 30.8 Å². The maximum atomic E-state index is 11.8. The molecule has 0 saturated heterocycles. The fourth-order valence-corrected chi connectivity index (χ4v) is 2.79. The van der Waals surface area contributed by atoms with Gasteiger partial charge in [0.25, 0.3) is 0 Å². The lowest BCUT2D eigenvalue weighted by Gasteiger charge is -2.47. The molecule has 4 heteroatoms. The van der Waals surface area contributed by atoms with Crippen molar-refractivity contribution in [2.24, 2.45) is 0 Å². The van der Waals surface area contributed by atoms with Gasteiger partial charge < -0.3 is 9.84 Å². The molecule has 4 nitrogen and oxygen atoms in total. The van der Waals surface area contributed by atoms with E-state index in [1.54, 1.807) is 24.3 Å². The Kier molecular flexibility index (Phi) is 2.02. The lowest BCUT2D eigenvalue weighted by molar-refractivity contribution is -0.153. The first-order valence-electron chi connectivity index (χ1n) is 5.69. The number of rotatable bonds is 1. The van der Waals surface area contributed by atoms with Crippen LogP contribution in [0.2, 0.25) is 0 Å². The van der Waals surface area contributed by atoms with E-state index in [9.17, 15) is 14.7 Å². The number of aliphatic carboxylic acids is 1. The van der Waals surface area contributed by atoms with Gasteiger partial charge in [0.1, 0.15) is 11.5 Å². The van der Waals surface area contributed by atoms with Gasteiger partial charge in [-0.1, -0.05) is 18.2 Å². The summed E-state index contributed by atoms with van der Waals surface area (Å²) in [6.07, 6.45) is 2.20. The first-order valence-corrected chi connectivity index (χ1v) is 5.69. The number of ether oxygens (including phenoxy) is 1. The van der Waals surface area contributed by atoms with Gasteiger partial charge >= 0.3 is 11.9 Å². The summed E-state index contributed by atoms with van der Waals surface area (Å²) < 4.78 is 5.39. The summed E-state index contributed by atoms with van der Waals surface area (Å²) in [5, 5.41) is 9.38. The van der Waals surface area contributed by atoms with Crippen molar-refractivity contribution >= 4 is 11.9 Å². The SMILES string of the molecule is O=C1OC2(CCC2)[C@H](C(=O)O)c2ccccc21. The van der Waals surface area contributed by atoms with E-state index in [-0.39, 0.29) is 0 Å². The van der Waals surface area contributed by atoms with Crippen LogP contribution in [-0.4, -0.2) is 22.6 Å². The quantitative estimate of drug-likeness (QED) is 0.751. The molecule has 1 N–H and O–H groups in total. The Morgan fingerprint density at radius 1 is 1.35 bits per heavy atom. The third kappa shape index (κ3) is 1.30. The van der Waals surface area contributed by atoms with Gasteiger partial charge in [0, 0.05) is 0 Å². The number of benzene rings is 1. The van der Waals surface area contributed by atoms with Crippen LogP contribution in [-0.2, 0) is 9.53 Å². The number of hydrogen-bond donors (Lipinski definition) is 1. The summed E-state index contributed by atoms with van der Waals surface area (Å²) in [6.45, 7) is 0. The first kappa shape index (κ1) is 10.3. The average molecular weight is 232 g/mol. The van der Waals surface area contributed by atoms with E-state index in [0.717, 1.165) is 6.42 Å². The van der Waals surface area contributed by atoms with E-state index < -0.39 is 23.5 Å². The fourth-order valence-electron chi connectivity index (χ4n) is 2.79. The van der Waals surface area contributed by atoms with E-state index >= 15 is 0 Å². The molecule has 88 valence electrons. The number of hydrogen-bond acceptors (Lipinski definition) is 3. The normalized spacial score (nSPS) is 24.7. The Hall–Kier alpha value is -1.84. The molecule has 0 radical (unpaired) electrons. The monoisotopic (exact) mass is 232 g/mol. The van der Waals surface area contributed by atoms with Crippen LogP contribution in [0.1, 0.15) is 41.1 Å². The molecule has 1 spiro atoms. The Morgan fingerprint density at radius 2 is 2.06 bits per heavy atom. The van der Waals surface area contributed by atoms with Gasteiger partial charge in [0.05, 0.1) is 5.56 Å². The molecule has 1 aliphatic heterocycles. The molecule has 1 heterocycles. The summed E-state index contributed by atoms with van der Waals surface area (Å²) in [5.41, 5.74) is 0.186. The summed E-state index contributed by atoms with van der Waals surface area (Å²) in [4.78, 5) is 23.3. The molecule has 1 fully saturated rings. The van der Waals surface area contributed by atoms with Gasteiger partial charge in [-0.2, -0.15) is 0 Å². The van der Waals surface area contributed by atoms with Crippen molar-refractivity contribution in [1.29, 1.82) is 0 Å². The molecule has 0 amide bonds. The molecule has 2 aliphatic rings. The minimum absolute atomic E-state index is 0.387. The lowest BCUT2D eigenvalue weighted by atomic mass is 9.66. The number of esters is 1. The van der Waals surface area contributed by atoms with Gasteiger partial charge in [-0.3, -0.25) is 4.79 Å². The summed E-state index contributed by atoms with van der Waals surface area (Å²) in [6, 6.07) is 6.82. The molecular weight excluding hydrogens is 220 g/mol. The van der Waals surface area contributed by atoms with Crippen LogP contribution in [0.5, 0.6) is 0 Å². The number of fused-ring (bicyclic) bond motifs is 1. The minimum atomic E-state index is -0.912. The Labute approximate surface area is 98.2 Å². The summed E-state index contributed by atoms with van der Waals surface area (Å²) in [7, 11) is 0. The molecule has 17 heavy (non-hydrogen) atoms. The average Bonchev–Trinajstić information content (AvgIpc) is 2.26. The third-order valence-electron chi connectivity index (χ3n) is 3.76. The van der Waals surface area contributed by atoms with E-state index in [0.29, 0.717) is 24.0 Å². The largest absolute Gasteiger partial charge is 0.481 e. The van der Waals surface area contributed by atoms with Crippen molar-refractivity contribution in [3.8, 4) is 0 Å². The molecule has 3 rings (SSSR count). The van der Waals surface area contributed by atoms with Crippen LogP contribution in [0.4, 0.5) is 0 Å². The Morgan fingerprint density at radius 3 is 2.65 bits per heavy atom. The molecule has 1 aliphatic carbocycles. The molecular formula is C13H12O4. The zero-order valence-electron chi connectivity index (χ0n) is 9.18. The minimum Gasteiger partial charge on any atom is -0.481 e. The van der Waals surface area contributed by atoms with E-state index in [4.69, 9.17) is 4.74 Å². The van der Waals surface area contributed by atoms with Gasteiger partial charge in [-0.05, 0) is 30.9 Å². The van der Waals surface area contributed by atoms with E-state index in [2.05, 4.69) is 0 Å². The van der Waals surface area contributed by atoms with Crippen molar-refractivity contribution in [3.05, 3.63) is 35.4 Å². The van der Waals surface area contributed by atoms with Crippen molar-refractivity contribution in [3.63, 3.8) is 0 Å². The molecule has 1 saturated carbocycles. The van der Waals surface area contributed by atoms with Crippen LogP contribution >= 0.6 is 0 Å². The molecule has 1 aromatic rings. The Balaban J connectivity index is 2.17. The van der Waals surface area contributed by atoms with Crippen LogP contribution in [0.15, 0.2) is 24.3 Å². The molecule has 1 aromatic carbocycles. The topological polar surface area (TPSA) is 63.6 Å².